The van der Waals surface area contributed by atoms with Gasteiger partial charge in [0.1, 0.15) is 0 Å². The molecule has 18 heavy (non-hydrogen) atoms. The summed E-state index contributed by atoms with van der Waals surface area (Å²) in [6, 6.07) is 0. The number of nitrogens with two attached hydrogens (primary N) is 1. The lowest BCUT2D eigenvalue weighted by Crippen LogP contribution is -2.45. The third kappa shape index (κ3) is 6.17. The van der Waals surface area contributed by atoms with E-state index in [4.69, 9.17) is 5.73 Å². The van der Waals surface area contributed by atoms with Gasteiger partial charge >= 0.3 is 0 Å². The van der Waals surface area contributed by atoms with Crippen molar-refractivity contribution in [2.75, 3.05) is 6.54 Å². The highest BCUT2D eigenvalue weighted by Gasteiger charge is 2.34. The maximum absolute atomic E-state index is 13.4. The number of rotatable bonds is 2. The zero-order chi connectivity index (χ0) is 13.8. The zero-order valence-electron chi connectivity index (χ0n) is 11.6. The zero-order valence-corrected chi connectivity index (χ0v) is 11.6. The monoisotopic (exact) mass is 261 g/mol. The molecule has 1 aliphatic rings. The van der Waals surface area contributed by atoms with E-state index in [2.05, 4.69) is 10.3 Å². The standard InChI is InChI=1S/C13H25F2N3/c1-12(2,3)18-11(16)17-9-10-6-4-5-7-13(14,15)8-10/h10H,4-9H2,1-3H3,(H3,16,17,18). The van der Waals surface area contributed by atoms with Crippen LogP contribution in [-0.2, 0) is 0 Å². The summed E-state index contributed by atoms with van der Waals surface area (Å²) in [6.07, 6.45) is 2.26. The van der Waals surface area contributed by atoms with E-state index in [0.717, 1.165) is 12.8 Å². The molecular formula is C13H25F2N3. The lowest BCUT2D eigenvalue weighted by Gasteiger charge is -2.22. The largest absolute Gasteiger partial charge is 0.370 e. The number of guanidine groups is 1. The van der Waals surface area contributed by atoms with Gasteiger partial charge in [-0.05, 0) is 39.5 Å². The van der Waals surface area contributed by atoms with Gasteiger partial charge in [-0.3, -0.25) is 4.99 Å². The summed E-state index contributed by atoms with van der Waals surface area (Å²) >= 11 is 0. The van der Waals surface area contributed by atoms with Crippen LogP contribution in [0.2, 0.25) is 0 Å². The first kappa shape index (κ1) is 15.2. The normalized spacial score (nSPS) is 25.6. The third-order valence-electron chi connectivity index (χ3n) is 3.02. The predicted octanol–water partition coefficient (Wildman–Crippen LogP) is 2.90. The Kier molecular flexibility index (Phi) is 4.93. The first-order chi connectivity index (χ1) is 8.18. The van der Waals surface area contributed by atoms with E-state index in [1.807, 2.05) is 20.8 Å². The number of halogens is 2. The van der Waals surface area contributed by atoms with Gasteiger partial charge in [-0.1, -0.05) is 6.42 Å². The quantitative estimate of drug-likeness (QED) is 0.456. The lowest BCUT2D eigenvalue weighted by molar-refractivity contribution is -0.0241. The maximum Gasteiger partial charge on any atom is 0.248 e. The van der Waals surface area contributed by atoms with E-state index in [-0.39, 0.29) is 24.3 Å². The molecule has 0 aromatic heterocycles. The lowest BCUT2D eigenvalue weighted by atomic mass is 9.99. The molecule has 1 rings (SSSR count). The third-order valence-corrected chi connectivity index (χ3v) is 3.02. The first-order valence-corrected chi connectivity index (χ1v) is 6.64. The van der Waals surface area contributed by atoms with Crippen LogP contribution in [0.15, 0.2) is 4.99 Å². The fraction of sp³-hybridized carbons (Fsp3) is 0.923. The Hall–Kier alpha value is -0.870. The molecule has 0 radical (unpaired) electrons. The Morgan fingerprint density at radius 3 is 2.67 bits per heavy atom. The molecule has 3 nitrogen and oxygen atoms in total. The minimum Gasteiger partial charge on any atom is -0.370 e. The van der Waals surface area contributed by atoms with Gasteiger partial charge in [-0.15, -0.1) is 0 Å². The maximum atomic E-state index is 13.4. The average Bonchev–Trinajstić information content (AvgIpc) is 2.33. The molecule has 0 aromatic carbocycles. The van der Waals surface area contributed by atoms with Crippen LogP contribution in [0.4, 0.5) is 8.78 Å². The fourth-order valence-electron chi connectivity index (χ4n) is 2.25. The number of alkyl halides is 2. The van der Waals surface area contributed by atoms with Crippen molar-refractivity contribution in [2.24, 2.45) is 16.6 Å². The molecule has 5 heteroatoms. The van der Waals surface area contributed by atoms with Crippen LogP contribution >= 0.6 is 0 Å². The van der Waals surface area contributed by atoms with Crippen molar-refractivity contribution in [1.82, 2.24) is 5.32 Å². The van der Waals surface area contributed by atoms with Crippen molar-refractivity contribution in [2.45, 2.75) is 64.3 Å². The smallest absolute Gasteiger partial charge is 0.248 e. The number of nitrogens with one attached hydrogen (secondary N) is 1. The molecule has 1 fully saturated rings. The van der Waals surface area contributed by atoms with Gasteiger partial charge in [0.2, 0.25) is 5.92 Å². The van der Waals surface area contributed by atoms with Crippen molar-refractivity contribution in [3.05, 3.63) is 0 Å². The Labute approximate surface area is 108 Å². The molecule has 0 aliphatic heterocycles. The molecule has 0 spiro atoms. The molecule has 1 aliphatic carbocycles. The van der Waals surface area contributed by atoms with E-state index in [1.165, 1.54) is 0 Å². The highest BCUT2D eigenvalue weighted by Crippen LogP contribution is 2.35. The van der Waals surface area contributed by atoms with E-state index >= 15 is 0 Å². The highest BCUT2D eigenvalue weighted by atomic mass is 19.3. The van der Waals surface area contributed by atoms with Gasteiger partial charge in [0, 0.05) is 24.9 Å². The second-order valence-electron chi connectivity index (χ2n) is 6.27. The summed E-state index contributed by atoms with van der Waals surface area (Å²) in [5.74, 6) is -2.24. The van der Waals surface area contributed by atoms with Crippen LogP contribution in [0.25, 0.3) is 0 Å². The van der Waals surface area contributed by atoms with Crippen molar-refractivity contribution in [3.63, 3.8) is 0 Å². The van der Waals surface area contributed by atoms with E-state index < -0.39 is 5.92 Å². The van der Waals surface area contributed by atoms with Crippen LogP contribution in [0.5, 0.6) is 0 Å². The molecule has 0 saturated heterocycles. The molecule has 1 atom stereocenters. The minimum atomic E-state index is -2.52. The predicted molar refractivity (Wildman–Crippen MR) is 70.9 cm³/mol. The molecule has 106 valence electrons. The number of hydrogen-bond donors (Lipinski definition) is 2. The van der Waals surface area contributed by atoms with E-state index in [9.17, 15) is 8.78 Å². The molecule has 0 bridgehead atoms. The molecule has 0 heterocycles. The minimum absolute atomic E-state index is 0.0168. The van der Waals surface area contributed by atoms with Crippen LogP contribution in [0.1, 0.15) is 52.9 Å². The van der Waals surface area contributed by atoms with E-state index in [1.54, 1.807) is 0 Å². The molecular weight excluding hydrogens is 236 g/mol. The second kappa shape index (κ2) is 5.85. The average molecular weight is 261 g/mol. The highest BCUT2D eigenvalue weighted by molar-refractivity contribution is 5.78. The van der Waals surface area contributed by atoms with Gasteiger partial charge in [-0.2, -0.15) is 0 Å². The summed E-state index contributed by atoms with van der Waals surface area (Å²) in [5.41, 5.74) is 5.58. The van der Waals surface area contributed by atoms with Crippen LogP contribution in [0.3, 0.4) is 0 Å². The van der Waals surface area contributed by atoms with Crippen molar-refractivity contribution < 1.29 is 8.78 Å². The van der Waals surface area contributed by atoms with Crippen LogP contribution < -0.4 is 11.1 Å². The molecule has 3 N–H and O–H groups in total. The second-order valence-corrected chi connectivity index (χ2v) is 6.27. The summed E-state index contributed by atoms with van der Waals surface area (Å²) in [7, 11) is 0. The van der Waals surface area contributed by atoms with Gasteiger partial charge in [0.05, 0.1) is 0 Å². The Morgan fingerprint density at radius 1 is 1.39 bits per heavy atom. The molecule has 0 amide bonds. The van der Waals surface area contributed by atoms with Crippen molar-refractivity contribution in [1.29, 1.82) is 0 Å². The van der Waals surface area contributed by atoms with Crippen LogP contribution in [-0.4, -0.2) is 24.0 Å². The molecule has 0 aromatic rings. The summed E-state index contributed by atoms with van der Waals surface area (Å²) in [4.78, 5) is 4.19. The first-order valence-electron chi connectivity index (χ1n) is 6.64. The van der Waals surface area contributed by atoms with Gasteiger partial charge in [-0.25, -0.2) is 8.78 Å². The summed E-state index contributed by atoms with van der Waals surface area (Å²) < 4.78 is 26.8. The summed E-state index contributed by atoms with van der Waals surface area (Å²) in [5, 5.41) is 3.04. The van der Waals surface area contributed by atoms with Crippen molar-refractivity contribution in [3.8, 4) is 0 Å². The fourth-order valence-corrected chi connectivity index (χ4v) is 2.25. The molecule has 1 unspecified atom stereocenters. The Bertz CT molecular complexity index is 295. The number of nitrogens with zero attached hydrogens (tertiary/aromatic N) is 1. The van der Waals surface area contributed by atoms with Gasteiger partial charge < -0.3 is 11.1 Å². The Balaban J connectivity index is 2.48. The Morgan fingerprint density at radius 2 is 2.06 bits per heavy atom. The van der Waals surface area contributed by atoms with Crippen molar-refractivity contribution >= 4 is 5.96 Å². The van der Waals surface area contributed by atoms with Gasteiger partial charge in [0.15, 0.2) is 5.96 Å². The number of aliphatic imine (C=N–C) groups is 1. The van der Waals surface area contributed by atoms with Crippen LogP contribution in [0, 0.1) is 5.92 Å². The number of hydrogen-bond acceptors (Lipinski definition) is 1. The molecule has 1 saturated carbocycles. The summed E-state index contributed by atoms with van der Waals surface area (Å²) in [6.45, 7) is 6.34. The topological polar surface area (TPSA) is 50.4 Å². The van der Waals surface area contributed by atoms with Gasteiger partial charge in [0.25, 0.3) is 0 Å². The SMILES string of the molecule is CC(C)(C)NC(N)=NCC1CCCCC(F)(F)C1. The van der Waals surface area contributed by atoms with E-state index in [0.29, 0.717) is 18.9 Å².